The number of carbonyl (C=O) groups excluding carboxylic acids is 1. The largest absolute Gasteiger partial charge is 0.324 e. The van der Waals surface area contributed by atoms with Crippen molar-refractivity contribution in [2.24, 2.45) is 0 Å². The molecule has 2 heterocycles. The second-order valence-corrected chi connectivity index (χ2v) is 9.25. The summed E-state index contributed by atoms with van der Waals surface area (Å²) in [4.78, 5) is 21.4. The van der Waals surface area contributed by atoms with Crippen molar-refractivity contribution in [1.29, 1.82) is 0 Å². The highest BCUT2D eigenvalue weighted by Crippen LogP contribution is 2.29. The monoisotopic (exact) mass is 423 g/mol. The molecule has 0 aliphatic rings. The van der Waals surface area contributed by atoms with Crippen LogP contribution in [0.25, 0.3) is 22.2 Å². The Hall–Kier alpha value is -3.10. The van der Waals surface area contributed by atoms with Gasteiger partial charge in [-0.25, -0.2) is 18.4 Å². The number of para-hydroxylation sites is 1. The highest BCUT2D eigenvalue weighted by Gasteiger charge is 2.16. The zero-order chi connectivity index (χ0) is 20.4. The van der Waals surface area contributed by atoms with Gasteiger partial charge < -0.3 is 5.32 Å². The van der Waals surface area contributed by atoms with Gasteiger partial charge in [0.2, 0.25) is 5.91 Å². The van der Waals surface area contributed by atoms with E-state index in [1.54, 1.807) is 41.9 Å². The van der Waals surface area contributed by atoms with E-state index < -0.39 is 9.84 Å². The van der Waals surface area contributed by atoms with Gasteiger partial charge in [-0.3, -0.25) is 4.79 Å². The van der Waals surface area contributed by atoms with E-state index in [1.165, 1.54) is 17.6 Å². The minimum absolute atomic E-state index is 0.177. The van der Waals surface area contributed by atoms with Gasteiger partial charge in [0.1, 0.15) is 0 Å². The number of hydrogen-bond acceptors (Lipinski definition) is 6. The molecule has 0 atom stereocenters. The van der Waals surface area contributed by atoms with Gasteiger partial charge in [0.05, 0.1) is 39.4 Å². The second-order valence-electron chi connectivity index (χ2n) is 6.55. The molecular formula is C21H17N3O3S2. The number of anilines is 1. The van der Waals surface area contributed by atoms with Crippen LogP contribution in [-0.4, -0.2) is 30.5 Å². The number of rotatable bonds is 5. The molecule has 0 spiro atoms. The first-order valence-corrected chi connectivity index (χ1v) is 11.6. The van der Waals surface area contributed by atoms with E-state index in [1.807, 2.05) is 23.6 Å². The maximum Gasteiger partial charge on any atom is 0.230 e. The van der Waals surface area contributed by atoms with E-state index in [4.69, 9.17) is 0 Å². The lowest BCUT2D eigenvalue weighted by Gasteiger charge is -2.11. The van der Waals surface area contributed by atoms with E-state index in [-0.39, 0.29) is 17.2 Å². The minimum atomic E-state index is -3.41. The Morgan fingerprint density at radius 3 is 2.66 bits per heavy atom. The van der Waals surface area contributed by atoms with Gasteiger partial charge in [0, 0.05) is 22.6 Å². The highest BCUT2D eigenvalue weighted by atomic mass is 32.2. The van der Waals surface area contributed by atoms with Gasteiger partial charge in [-0.1, -0.05) is 36.4 Å². The lowest BCUT2D eigenvalue weighted by molar-refractivity contribution is -0.115. The molecule has 0 saturated heterocycles. The first-order chi connectivity index (χ1) is 13.9. The summed E-state index contributed by atoms with van der Waals surface area (Å²) in [7, 11) is -3.41. The topological polar surface area (TPSA) is 89.0 Å². The van der Waals surface area contributed by atoms with Crippen LogP contribution in [0.1, 0.15) is 5.69 Å². The van der Waals surface area contributed by atoms with Gasteiger partial charge >= 0.3 is 0 Å². The Morgan fingerprint density at radius 2 is 1.90 bits per heavy atom. The number of nitrogens with one attached hydrogen (secondary N) is 1. The summed E-state index contributed by atoms with van der Waals surface area (Å²) in [5, 5.41) is 5.57. The molecule has 0 aliphatic heterocycles. The first kappa shape index (κ1) is 19.2. The Kier molecular flexibility index (Phi) is 5.12. The lowest BCUT2D eigenvalue weighted by Crippen LogP contribution is -2.15. The normalized spacial score (nSPS) is 11.5. The number of benzene rings is 2. The Labute approximate surface area is 172 Å². The van der Waals surface area contributed by atoms with Crippen LogP contribution in [0.15, 0.2) is 70.4 Å². The molecular weight excluding hydrogens is 406 g/mol. The number of fused-ring (bicyclic) bond motifs is 1. The average Bonchev–Trinajstić information content (AvgIpc) is 3.20. The zero-order valence-electron chi connectivity index (χ0n) is 15.5. The molecule has 0 aliphatic carbocycles. The number of sulfone groups is 1. The van der Waals surface area contributed by atoms with Crippen molar-refractivity contribution >= 4 is 43.7 Å². The number of thiazole rings is 1. The number of pyridine rings is 1. The van der Waals surface area contributed by atoms with Crippen molar-refractivity contribution in [1.82, 2.24) is 9.97 Å². The zero-order valence-corrected chi connectivity index (χ0v) is 17.1. The maximum atomic E-state index is 12.4. The van der Waals surface area contributed by atoms with E-state index >= 15 is 0 Å². The molecule has 29 heavy (non-hydrogen) atoms. The van der Waals surface area contributed by atoms with Crippen molar-refractivity contribution in [2.45, 2.75) is 11.3 Å². The summed E-state index contributed by atoms with van der Waals surface area (Å²) in [5.41, 5.74) is 4.62. The van der Waals surface area contributed by atoms with Crippen molar-refractivity contribution in [3.05, 3.63) is 71.2 Å². The Bertz CT molecular complexity index is 1300. The van der Waals surface area contributed by atoms with E-state index in [0.717, 1.165) is 5.39 Å². The van der Waals surface area contributed by atoms with Gasteiger partial charge in [-0.15, -0.1) is 11.3 Å². The molecule has 2 aromatic heterocycles. The predicted molar refractivity (Wildman–Crippen MR) is 115 cm³/mol. The number of aromatic nitrogens is 2. The van der Waals surface area contributed by atoms with E-state index in [2.05, 4.69) is 15.3 Å². The number of carbonyl (C=O) groups is 1. The molecule has 1 N–H and O–H groups in total. The molecule has 0 unspecified atom stereocenters. The van der Waals surface area contributed by atoms with Gasteiger partial charge in [0.15, 0.2) is 9.84 Å². The summed E-state index contributed by atoms with van der Waals surface area (Å²) in [6.45, 7) is 0. The fraction of sp³-hybridized carbons (Fsp3) is 0.0952. The van der Waals surface area contributed by atoms with Crippen LogP contribution in [0.3, 0.4) is 0 Å². The predicted octanol–water partition coefficient (Wildman–Crippen LogP) is 3.94. The molecule has 4 rings (SSSR count). The average molecular weight is 424 g/mol. The molecule has 8 heteroatoms. The number of hydrogen-bond donors (Lipinski definition) is 1. The van der Waals surface area contributed by atoms with Crippen molar-refractivity contribution in [2.75, 3.05) is 11.6 Å². The third-order valence-corrected chi connectivity index (χ3v) is 6.17. The van der Waals surface area contributed by atoms with Gasteiger partial charge in [0.25, 0.3) is 0 Å². The molecule has 1 amide bonds. The molecule has 0 fully saturated rings. The van der Waals surface area contributed by atoms with Crippen LogP contribution in [0, 0.1) is 0 Å². The van der Waals surface area contributed by atoms with Crippen molar-refractivity contribution in [3.8, 4) is 11.3 Å². The van der Waals surface area contributed by atoms with Crippen LogP contribution in [-0.2, 0) is 21.1 Å². The summed E-state index contributed by atoms with van der Waals surface area (Å²) >= 11 is 1.44. The number of amides is 1. The lowest BCUT2D eigenvalue weighted by atomic mass is 10.1. The Balaban J connectivity index is 1.75. The van der Waals surface area contributed by atoms with E-state index in [9.17, 15) is 13.2 Å². The SMILES string of the molecule is CS(=O)(=O)c1ccccc1-c1ccc2cccc(NC(=O)Cc3cscn3)c2n1. The first-order valence-electron chi connectivity index (χ1n) is 8.78. The van der Waals surface area contributed by atoms with Crippen LogP contribution in [0.4, 0.5) is 5.69 Å². The molecule has 6 nitrogen and oxygen atoms in total. The van der Waals surface area contributed by atoms with Crippen molar-refractivity contribution < 1.29 is 13.2 Å². The molecule has 4 aromatic rings. The smallest absolute Gasteiger partial charge is 0.230 e. The van der Waals surface area contributed by atoms with Crippen LogP contribution in [0.2, 0.25) is 0 Å². The van der Waals surface area contributed by atoms with Crippen LogP contribution >= 0.6 is 11.3 Å². The van der Waals surface area contributed by atoms with Crippen molar-refractivity contribution in [3.63, 3.8) is 0 Å². The van der Waals surface area contributed by atoms with Crippen LogP contribution < -0.4 is 5.32 Å². The van der Waals surface area contributed by atoms with Gasteiger partial charge in [-0.05, 0) is 18.2 Å². The quantitative estimate of drug-likeness (QED) is 0.525. The third-order valence-electron chi connectivity index (χ3n) is 4.38. The summed E-state index contributed by atoms with van der Waals surface area (Å²) in [5.74, 6) is -0.188. The fourth-order valence-electron chi connectivity index (χ4n) is 3.08. The minimum Gasteiger partial charge on any atom is -0.324 e. The molecule has 0 radical (unpaired) electrons. The highest BCUT2D eigenvalue weighted by molar-refractivity contribution is 7.90. The maximum absolute atomic E-state index is 12.4. The fourth-order valence-corrected chi connectivity index (χ4v) is 4.54. The number of nitrogens with zero attached hydrogens (tertiary/aromatic N) is 2. The molecule has 0 bridgehead atoms. The van der Waals surface area contributed by atoms with Gasteiger partial charge in [-0.2, -0.15) is 0 Å². The third kappa shape index (κ3) is 4.18. The molecule has 0 saturated carbocycles. The van der Waals surface area contributed by atoms with E-state index in [0.29, 0.717) is 28.2 Å². The summed E-state index contributed by atoms with van der Waals surface area (Å²) in [6, 6.07) is 15.9. The van der Waals surface area contributed by atoms with Crippen LogP contribution in [0.5, 0.6) is 0 Å². The standard InChI is InChI=1S/C21H17N3O3S2/c1-29(26,27)19-8-3-2-6-16(19)17-10-9-14-5-4-7-18(21(14)24-17)23-20(25)11-15-12-28-13-22-15/h2-10,12-13H,11H2,1H3,(H,23,25). The summed E-state index contributed by atoms with van der Waals surface area (Å²) < 4.78 is 24.3. The second kappa shape index (κ2) is 7.73. The molecule has 2 aromatic carbocycles. The summed E-state index contributed by atoms with van der Waals surface area (Å²) in [6.07, 6.45) is 1.35. The molecule has 146 valence electrons. The Morgan fingerprint density at radius 1 is 1.07 bits per heavy atom.